The predicted molar refractivity (Wildman–Crippen MR) is 107 cm³/mol. The van der Waals surface area contributed by atoms with Crippen molar-refractivity contribution in [3.63, 3.8) is 0 Å². The van der Waals surface area contributed by atoms with Crippen LogP contribution in [0.3, 0.4) is 0 Å². The van der Waals surface area contributed by atoms with E-state index in [1.54, 1.807) is 24.6 Å². The van der Waals surface area contributed by atoms with E-state index in [-0.39, 0.29) is 17.0 Å². The van der Waals surface area contributed by atoms with E-state index >= 15 is 0 Å². The van der Waals surface area contributed by atoms with Gasteiger partial charge in [0.05, 0.1) is 17.3 Å². The van der Waals surface area contributed by atoms with Gasteiger partial charge in [-0.3, -0.25) is 4.98 Å². The smallest absolute Gasteiger partial charge is 0.403 e. The molecular weight excluding hydrogens is 458 g/mol. The van der Waals surface area contributed by atoms with Gasteiger partial charge in [-0.05, 0) is 17.9 Å². The second-order valence-corrected chi connectivity index (χ2v) is 7.99. The highest BCUT2D eigenvalue weighted by atomic mass is 32.2. The second kappa shape index (κ2) is 7.84. The molecule has 0 spiro atoms. The molecule has 32 heavy (non-hydrogen) atoms. The van der Waals surface area contributed by atoms with Crippen LogP contribution in [0.25, 0.3) is 33.5 Å². The van der Waals surface area contributed by atoms with E-state index in [1.807, 2.05) is 0 Å². The molecule has 5 nitrogen and oxygen atoms in total. The van der Waals surface area contributed by atoms with Crippen LogP contribution in [0, 0.1) is 0 Å². The third-order valence-corrected chi connectivity index (χ3v) is 5.52. The van der Waals surface area contributed by atoms with Gasteiger partial charge in [0.25, 0.3) is 0 Å². The summed E-state index contributed by atoms with van der Waals surface area (Å²) >= 11 is 1.18. The largest absolute Gasteiger partial charge is 0.573 e. The first-order chi connectivity index (χ1) is 15.0. The number of ether oxygens (including phenoxy) is 1. The molecule has 3 heterocycles. The van der Waals surface area contributed by atoms with Crippen molar-refractivity contribution in [3.8, 4) is 17.3 Å². The molecule has 0 N–H and O–H groups in total. The van der Waals surface area contributed by atoms with Gasteiger partial charge in [-0.2, -0.15) is 13.2 Å². The minimum atomic E-state index is -4.89. The lowest BCUT2D eigenvalue weighted by Crippen LogP contribution is -2.17. The molecule has 0 saturated heterocycles. The predicted octanol–water partition coefficient (Wildman–Crippen LogP) is 6.21. The molecule has 0 aliphatic carbocycles. The van der Waals surface area contributed by atoms with E-state index in [2.05, 4.69) is 19.7 Å². The van der Waals surface area contributed by atoms with Crippen molar-refractivity contribution >= 4 is 33.7 Å². The van der Waals surface area contributed by atoms with Crippen LogP contribution in [0.5, 0.6) is 5.75 Å². The van der Waals surface area contributed by atoms with Crippen molar-refractivity contribution < 1.29 is 31.1 Å². The topological polar surface area (TPSA) is 52.8 Å². The van der Waals surface area contributed by atoms with Gasteiger partial charge >= 0.3 is 12.5 Å². The fraction of sp³-hybridized carbons (Fsp3) is 0.250. The second-order valence-electron chi connectivity index (χ2n) is 6.69. The number of alkyl halides is 6. The first kappa shape index (κ1) is 22.2. The SMILES string of the molecule is CCSc1cc(C(F)(F)F)cnc1-c1nc2cnc3c(OC(F)(F)F)cccc3c2n1C. The number of hydrogen-bond acceptors (Lipinski definition) is 5. The number of aromatic nitrogens is 4. The standard InChI is InChI=1S/C20H14F6N4OS/c1-3-32-14-7-10(19(21,22)23)8-27-16(14)18-29-12-9-28-15-11(17(12)30(18)2)5-4-6-13(15)31-20(24,25)26/h4-9H,3H2,1-2H3. The molecule has 4 rings (SSSR count). The molecule has 0 bridgehead atoms. The number of nitrogens with zero attached hydrogens (tertiary/aromatic N) is 4. The molecule has 0 saturated carbocycles. The van der Waals surface area contributed by atoms with E-state index in [0.717, 1.165) is 18.3 Å². The number of aryl methyl sites for hydroxylation is 1. The van der Waals surface area contributed by atoms with Crippen LogP contribution >= 0.6 is 11.8 Å². The van der Waals surface area contributed by atoms with Crippen molar-refractivity contribution in [2.75, 3.05) is 5.75 Å². The molecular formula is C20H14F6N4OS. The number of halogens is 6. The normalized spacial score (nSPS) is 12.6. The zero-order valence-corrected chi connectivity index (χ0v) is 17.4. The number of para-hydroxylation sites is 1. The van der Waals surface area contributed by atoms with Crippen LogP contribution in [0.4, 0.5) is 26.3 Å². The lowest BCUT2D eigenvalue weighted by molar-refractivity contribution is -0.274. The molecule has 168 valence electrons. The quantitative estimate of drug-likeness (QED) is 0.261. The maximum Gasteiger partial charge on any atom is 0.573 e. The van der Waals surface area contributed by atoms with Crippen molar-refractivity contribution in [2.24, 2.45) is 7.05 Å². The fourth-order valence-corrected chi connectivity index (χ4v) is 4.15. The summed E-state index contributed by atoms with van der Waals surface area (Å²) in [5.41, 5.74) is 0.145. The summed E-state index contributed by atoms with van der Waals surface area (Å²) in [7, 11) is 1.61. The van der Waals surface area contributed by atoms with E-state index in [1.165, 1.54) is 24.0 Å². The Kier molecular flexibility index (Phi) is 5.43. The fourth-order valence-electron chi connectivity index (χ4n) is 3.35. The number of fused-ring (bicyclic) bond motifs is 3. The van der Waals surface area contributed by atoms with E-state index < -0.39 is 23.9 Å². The Bertz CT molecular complexity index is 1320. The maximum absolute atomic E-state index is 13.1. The van der Waals surface area contributed by atoms with Gasteiger partial charge in [0, 0.05) is 23.5 Å². The Labute approximate surface area is 181 Å². The van der Waals surface area contributed by atoms with Gasteiger partial charge in [-0.1, -0.05) is 19.1 Å². The first-order valence-electron chi connectivity index (χ1n) is 9.20. The molecule has 1 aromatic carbocycles. The number of benzene rings is 1. The van der Waals surface area contributed by atoms with E-state index in [9.17, 15) is 26.3 Å². The van der Waals surface area contributed by atoms with Crippen LogP contribution < -0.4 is 4.74 Å². The van der Waals surface area contributed by atoms with E-state index in [4.69, 9.17) is 0 Å². The van der Waals surface area contributed by atoms with Gasteiger partial charge in [0.15, 0.2) is 11.6 Å². The highest BCUT2D eigenvalue weighted by Gasteiger charge is 2.33. The third-order valence-electron chi connectivity index (χ3n) is 4.61. The van der Waals surface area contributed by atoms with Crippen molar-refractivity contribution in [1.82, 2.24) is 19.5 Å². The Morgan fingerprint density at radius 2 is 1.81 bits per heavy atom. The van der Waals surface area contributed by atoms with Crippen LogP contribution in [-0.2, 0) is 13.2 Å². The van der Waals surface area contributed by atoms with Crippen molar-refractivity contribution in [2.45, 2.75) is 24.4 Å². The molecule has 12 heteroatoms. The molecule has 0 atom stereocenters. The minimum Gasteiger partial charge on any atom is -0.403 e. The van der Waals surface area contributed by atoms with Crippen LogP contribution in [0.2, 0.25) is 0 Å². The molecule has 0 radical (unpaired) electrons. The Morgan fingerprint density at radius 3 is 2.47 bits per heavy atom. The molecule has 0 fully saturated rings. The average Bonchev–Trinajstić information content (AvgIpc) is 3.03. The molecule has 0 amide bonds. The summed E-state index contributed by atoms with van der Waals surface area (Å²) in [6, 6.07) is 5.13. The van der Waals surface area contributed by atoms with Crippen LogP contribution in [0.15, 0.2) is 41.6 Å². The zero-order chi connectivity index (χ0) is 23.3. The Balaban J connectivity index is 1.93. The summed E-state index contributed by atoms with van der Waals surface area (Å²) in [6.07, 6.45) is -7.41. The lowest BCUT2D eigenvalue weighted by Gasteiger charge is -2.12. The monoisotopic (exact) mass is 472 g/mol. The van der Waals surface area contributed by atoms with Gasteiger partial charge < -0.3 is 9.30 Å². The zero-order valence-electron chi connectivity index (χ0n) is 16.5. The molecule has 0 aliphatic rings. The van der Waals surface area contributed by atoms with Crippen LogP contribution in [-0.4, -0.2) is 31.6 Å². The molecule has 4 aromatic rings. The third kappa shape index (κ3) is 4.06. The summed E-state index contributed by atoms with van der Waals surface area (Å²) in [4.78, 5) is 12.8. The minimum absolute atomic E-state index is 0.0181. The van der Waals surface area contributed by atoms with Gasteiger partial charge in [-0.15, -0.1) is 24.9 Å². The van der Waals surface area contributed by atoms with Crippen molar-refractivity contribution in [1.29, 1.82) is 0 Å². The van der Waals surface area contributed by atoms with Crippen LogP contribution in [0.1, 0.15) is 12.5 Å². The number of imidazole rings is 1. The summed E-state index contributed by atoms with van der Waals surface area (Å²) in [5.74, 6) is 0.304. The number of pyridine rings is 2. The van der Waals surface area contributed by atoms with E-state index in [0.29, 0.717) is 27.1 Å². The highest BCUT2D eigenvalue weighted by molar-refractivity contribution is 7.99. The molecule has 0 aliphatic heterocycles. The number of thioether (sulfide) groups is 1. The van der Waals surface area contributed by atoms with Gasteiger partial charge in [0.1, 0.15) is 16.7 Å². The van der Waals surface area contributed by atoms with Gasteiger partial charge in [-0.25, -0.2) is 9.97 Å². The van der Waals surface area contributed by atoms with Gasteiger partial charge in [0.2, 0.25) is 0 Å². The summed E-state index contributed by atoms with van der Waals surface area (Å²) in [6.45, 7) is 1.79. The lowest BCUT2D eigenvalue weighted by atomic mass is 10.2. The maximum atomic E-state index is 13.1. The highest BCUT2D eigenvalue weighted by Crippen LogP contribution is 2.38. The Hall–Kier alpha value is -3.02. The molecule has 0 unspecified atom stereocenters. The summed E-state index contributed by atoms with van der Waals surface area (Å²) < 4.78 is 83.4. The number of hydrogen-bond donors (Lipinski definition) is 0. The average molecular weight is 472 g/mol. The summed E-state index contributed by atoms with van der Waals surface area (Å²) in [5, 5.41) is 0.349. The Morgan fingerprint density at radius 1 is 1.06 bits per heavy atom. The first-order valence-corrected chi connectivity index (χ1v) is 10.2. The van der Waals surface area contributed by atoms with Crippen molar-refractivity contribution in [3.05, 3.63) is 42.2 Å². The number of rotatable bonds is 4. The molecule has 3 aromatic heterocycles.